The van der Waals surface area contributed by atoms with Gasteiger partial charge in [0.15, 0.2) is 0 Å². The molecule has 19 heavy (non-hydrogen) atoms. The Kier molecular flexibility index (Phi) is 4.70. The number of ether oxygens (including phenoxy) is 1. The molecule has 0 aliphatic carbocycles. The quantitative estimate of drug-likeness (QED) is 0.657. The molecule has 1 amide bonds. The Hall–Kier alpha value is -1.84. The highest BCUT2D eigenvalue weighted by molar-refractivity contribution is 5.92. The third kappa shape index (κ3) is 5.55. The Balaban J connectivity index is 2.76. The molecule has 1 rings (SSSR count). The summed E-state index contributed by atoms with van der Waals surface area (Å²) >= 11 is 0. The highest BCUT2D eigenvalue weighted by Gasteiger charge is 2.16. The van der Waals surface area contributed by atoms with Crippen LogP contribution in [0.3, 0.4) is 0 Å². The molecule has 0 heterocycles. The van der Waals surface area contributed by atoms with E-state index in [9.17, 15) is 4.79 Å². The average Bonchev–Trinajstić information content (AvgIpc) is 2.20. The second-order valence-electron chi connectivity index (χ2n) is 5.69. The minimum atomic E-state index is -0.643. The zero-order valence-corrected chi connectivity index (χ0v) is 12.3. The fourth-order valence-electron chi connectivity index (χ4n) is 1.63. The summed E-state index contributed by atoms with van der Waals surface area (Å²) < 4.78 is 5.09. The van der Waals surface area contributed by atoms with Crippen LogP contribution in [0.2, 0.25) is 0 Å². The van der Waals surface area contributed by atoms with E-state index in [0.29, 0.717) is 6.42 Å². The number of amides is 1. The molecule has 1 aromatic rings. The molecular weight excluding hydrogens is 240 g/mol. The highest BCUT2D eigenvalue weighted by Crippen LogP contribution is 2.12. The van der Waals surface area contributed by atoms with E-state index in [1.807, 2.05) is 32.0 Å². The lowest BCUT2D eigenvalue weighted by Gasteiger charge is -2.17. The van der Waals surface area contributed by atoms with Gasteiger partial charge < -0.3 is 10.5 Å². The van der Waals surface area contributed by atoms with Crippen LogP contribution in [0.1, 0.15) is 37.5 Å². The van der Waals surface area contributed by atoms with Gasteiger partial charge in [0.05, 0.1) is 0 Å². The van der Waals surface area contributed by atoms with Crippen LogP contribution in [0.5, 0.6) is 0 Å². The number of aliphatic imine (C=N–C) groups is 1. The summed E-state index contributed by atoms with van der Waals surface area (Å²) in [4.78, 5) is 15.3. The minimum absolute atomic E-state index is 0.267. The number of carbonyl (C=O) groups excluding carboxylic acids is 1. The number of amidine groups is 1. The van der Waals surface area contributed by atoms with Gasteiger partial charge in [-0.05, 0) is 45.7 Å². The molecule has 0 atom stereocenters. The van der Waals surface area contributed by atoms with Crippen LogP contribution in [-0.2, 0) is 11.2 Å². The van der Waals surface area contributed by atoms with Crippen molar-refractivity contribution in [2.24, 2.45) is 10.7 Å². The van der Waals surface area contributed by atoms with Crippen molar-refractivity contribution >= 4 is 11.9 Å². The first-order valence-electron chi connectivity index (χ1n) is 6.29. The second-order valence-corrected chi connectivity index (χ2v) is 5.69. The van der Waals surface area contributed by atoms with E-state index < -0.39 is 11.7 Å². The summed E-state index contributed by atoms with van der Waals surface area (Å²) in [6.07, 6.45) is -0.192. The van der Waals surface area contributed by atoms with E-state index in [1.54, 1.807) is 20.8 Å². The van der Waals surface area contributed by atoms with Crippen molar-refractivity contribution in [3.05, 3.63) is 34.9 Å². The van der Waals surface area contributed by atoms with Gasteiger partial charge in [0.25, 0.3) is 0 Å². The summed E-state index contributed by atoms with van der Waals surface area (Å²) in [5.41, 5.74) is 8.60. The topological polar surface area (TPSA) is 64.7 Å². The molecule has 1 aromatic carbocycles. The van der Waals surface area contributed by atoms with Crippen LogP contribution in [0, 0.1) is 13.8 Å². The zero-order chi connectivity index (χ0) is 14.6. The van der Waals surface area contributed by atoms with Crippen molar-refractivity contribution < 1.29 is 9.53 Å². The first-order valence-corrected chi connectivity index (χ1v) is 6.29. The Morgan fingerprint density at radius 2 is 1.95 bits per heavy atom. The molecule has 0 aliphatic heterocycles. The van der Waals surface area contributed by atoms with Crippen molar-refractivity contribution in [3.8, 4) is 0 Å². The lowest BCUT2D eigenvalue weighted by atomic mass is 10.0. The molecule has 2 N–H and O–H groups in total. The van der Waals surface area contributed by atoms with Crippen LogP contribution in [0.25, 0.3) is 0 Å². The van der Waals surface area contributed by atoms with E-state index >= 15 is 0 Å². The van der Waals surface area contributed by atoms with Crippen molar-refractivity contribution in [2.75, 3.05) is 0 Å². The van der Waals surface area contributed by atoms with E-state index in [4.69, 9.17) is 10.5 Å². The molecule has 0 unspecified atom stereocenters. The average molecular weight is 262 g/mol. The molecule has 4 heteroatoms. The molecule has 104 valence electrons. The number of hydrogen-bond donors (Lipinski definition) is 1. The molecule has 0 aromatic heterocycles. The third-order valence-electron chi connectivity index (χ3n) is 2.50. The van der Waals surface area contributed by atoms with Gasteiger partial charge in [-0.2, -0.15) is 4.99 Å². The van der Waals surface area contributed by atoms with E-state index in [-0.39, 0.29) is 5.84 Å². The van der Waals surface area contributed by atoms with E-state index in [1.165, 1.54) is 0 Å². The van der Waals surface area contributed by atoms with E-state index in [2.05, 4.69) is 4.99 Å². The van der Waals surface area contributed by atoms with Crippen LogP contribution >= 0.6 is 0 Å². The summed E-state index contributed by atoms with van der Waals surface area (Å²) in [6.45, 7) is 9.41. The normalized spacial score (nSPS) is 12.4. The number of nitrogens with zero attached hydrogens (tertiary/aromatic N) is 1. The Labute approximate surface area is 114 Å². The van der Waals surface area contributed by atoms with Gasteiger partial charge in [-0.25, -0.2) is 4.79 Å². The van der Waals surface area contributed by atoms with Gasteiger partial charge in [-0.1, -0.05) is 23.8 Å². The predicted molar refractivity (Wildman–Crippen MR) is 77.5 cm³/mol. The molecule has 0 bridgehead atoms. The Morgan fingerprint density at radius 1 is 1.32 bits per heavy atom. The lowest BCUT2D eigenvalue weighted by molar-refractivity contribution is 0.0604. The van der Waals surface area contributed by atoms with Crippen LogP contribution < -0.4 is 5.73 Å². The zero-order valence-electron chi connectivity index (χ0n) is 12.3. The molecule has 4 nitrogen and oxygen atoms in total. The Bertz CT molecular complexity index is 499. The van der Waals surface area contributed by atoms with Crippen LogP contribution in [0.4, 0.5) is 4.79 Å². The monoisotopic (exact) mass is 262 g/mol. The lowest BCUT2D eigenvalue weighted by Crippen LogP contribution is -2.24. The van der Waals surface area contributed by atoms with Gasteiger partial charge in [-0.15, -0.1) is 0 Å². The SMILES string of the molecule is Cc1ccc(C)c(C/C(N)=N/C(=O)OC(C)(C)C)c1. The number of carbonyl (C=O) groups is 1. The van der Waals surface area contributed by atoms with E-state index in [0.717, 1.165) is 16.7 Å². The largest absolute Gasteiger partial charge is 0.442 e. The van der Waals surface area contributed by atoms with Crippen LogP contribution in [-0.4, -0.2) is 17.5 Å². The van der Waals surface area contributed by atoms with Gasteiger partial charge in [0.1, 0.15) is 11.4 Å². The minimum Gasteiger partial charge on any atom is -0.442 e. The highest BCUT2D eigenvalue weighted by atomic mass is 16.6. The van der Waals surface area contributed by atoms with Crippen molar-refractivity contribution in [3.63, 3.8) is 0 Å². The number of rotatable bonds is 2. The number of nitrogens with two attached hydrogens (primary N) is 1. The second kappa shape index (κ2) is 5.87. The first kappa shape index (κ1) is 15.2. The summed E-state index contributed by atoms with van der Waals surface area (Å²) in [5.74, 6) is 0.267. The number of hydrogen-bond acceptors (Lipinski definition) is 2. The molecular formula is C15H22N2O2. The fraction of sp³-hybridized carbons (Fsp3) is 0.467. The maximum absolute atomic E-state index is 11.5. The van der Waals surface area contributed by atoms with Gasteiger partial charge >= 0.3 is 6.09 Å². The molecule has 0 aliphatic rings. The summed E-state index contributed by atoms with van der Waals surface area (Å²) in [6, 6.07) is 6.12. The smallest absolute Gasteiger partial charge is 0.435 e. The number of benzene rings is 1. The predicted octanol–water partition coefficient (Wildman–Crippen LogP) is 3.14. The molecule has 0 fully saturated rings. The summed E-state index contributed by atoms with van der Waals surface area (Å²) in [7, 11) is 0. The maximum atomic E-state index is 11.5. The van der Waals surface area contributed by atoms with Crippen molar-refractivity contribution in [2.45, 2.75) is 46.6 Å². The third-order valence-corrected chi connectivity index (χ3v) is 2.50. The standard InChI is InChI=1S/C15H22N2O2/c1-10-6-7-11(2)12(8-10)9-13(16)17-14(18)19-15(3,4)5/h6-8H,9H2,1-5H3,(H2,16,17,18). The first-order chi connectivity index (χ1) is 8.67. The molecule has 0 saturated carbocycles. The van der Waals surface area contributed by atoms with Crippen molar-refractivity contribution in [1.82, 2.24) is 0 Å². The Morgan fingerprint density at radius 3 is 2.53 bits per heavy atom. The number of aryl methyl sites for hydroxylation is 2. The van der Waals surface area contributed by atoms with Gasteiger partial charge in [0.2, 0.25) is 0 Å². The molecule has 0 spiro atoms. The fourth-order valence-corrected chi connectivity index (χ4v) is 1.63. The van der Waals surface area contributed by atoms with Crippen LogP contribution in [0.15, 0.2) is 23.2 Å². The van der Waals surface area contributed by atoms with Gasteiger partial charge in [0, 0.05) is 6.42 Å². The van der Waals surface area contributed by atoms with Crippen molar-refractivity contribution in [1.29, 1.82) is 0 Å². The van der Waals surface area contributed by atoms with Gasteiger partial charge in [-0.3, -0.25) is 0 Å². The molecule has 0 saturated heterocycles. The summed E-state index contributed by atoms with van der Waals surface area (Å²) in [5, 5.41) is 0. The molecule has 0 radical (unpaired) electrons. The maximum Gasteiger partial charge on any atom is 0.435 e.